The molecule has 72 valence electrons. The van der Waals surface area contributed by atoms with Crippen molar-refractivity contribution in [1.82, 2.24) is 0 Å². The highest BCUT2D eigenvalue weighted by molar-refractivity contribution is 7.89. The van der Waals surface area contributed by atoms with Crippen LogP contribution in [0.1, 0.15) is 5.56 Å². The van der Waals surface area contributed by atoms with Crippen molar-refractivity contribution in [2.45, 2.75) is 11.8 Å². The van der Waals surface area contributed by atoms with Crippen LogP contribution in [0.25, 0.3) is 0 Å². The first-order chi connectivity index (χ1) is 5.82. The minimum Gasteiger partial charge on any atom is -0.225 e. The van der Waals surface area contributed by atoms with Crippen LogP contribution >= 0.6 is 0 Å². The third kappa shape index (κ3) is 2.02. The van der Waals surface area contributed by atoms with E-state index in [0.29, 0.717) is 12.1 Å². The number of sulfonamides is 1. The first kappa shape index (κ1) is 10.1. The zero-order valence-electron chi connectivity index (χ0n) is 6.71. The molecule has 0 aromatic heterocycles. The molecule has 2 N–H and O–H groups in total. The van der Waals surface area contributed by atoms with Gasteiger partial charge in [0.05, 0.1) is 4.90 Å². The molecule has 0 bridgehead atoms. The molecule has 1 aromatic rings. The number of hydrogen-bond donors (Lipinski definition) is 1. The summed E-state index contributed by atoms with van der Waals surface area (Å²) in [6, 6.07) is 1.38. The van der Waals surface area contributed by atoms with E-state index < -0.39 is 26.6 Å². The van der Waals surface area contributed by atoms with Gasteiger partial charge in [-0.2, -0.15) is 0 Å². The zero-order chi connectivity index (χ0) is 10.2. The van der Waals surface area contributed by atoms with Gasteiger partial charge in [0.15, 0.2) is 0 Å². The van der Waals surface area contributed by atoms with Gasteiger partial charge in [-0.3, -0.25) is 0 Å². The van der Waals surface area contributed by atoms with Crippen molar-refractivity contribution in [2.24, 2.45) is 5.14 Å². The molecule has 6 heteroatoms. The molecular weight excluding hydrogens is 200 g/mol. The second-order valence-corrected chi connectivity index (χ2v) is 4.12. The Morgan fingerprint density at radius 1 is 1.23 bits per heavy atom. The lowest BCUT2D eigenvalue weighted by Gasteiger charge is -2.01. The molecule has 0 saturated heterocycles. The van der Waals surface area contributed by atoms with Crippen molar-refractivity contribution in [3.63, 3.8) is 0 Å². The van der Waals surface area contributed by atoms with Crippen LogP contribution in [0.5, 0.6) is 0 Å². The Labute approximate surface area is 74.2 Å². The molecule has 0 unspecified atom stereocenters. The van der Waals surface area contributed by atoms with Crippen LogP contribution in [0.2, 0.25) is 0 Å². The van der Waals surface area contributed by atoms with Gasteiger partial charge in [-0.05, 0) is 19.1 Å². The molecule has 0 aliphatic heterocycles. The fourth-order valence-corrected chi connectivity index (χ4v) is 1.32. The zero-order valence-corrected chi connectivity index (χ0v) is 7.53. The normalized spacial score (nSPS) is 11.7. The smallest absolute Gasteiger partial charge is 0.225 e. The third-order valence-corrected chi connectivity index (χ3v) is 2.48. The van der Waals surface area contributed by atoms with E-state index >= 15 is 0 Å². The summed E-state index contributed by atoms with van der Waals surface area (Å²) in [6.45, 7) is 1.21. The molecule has 0 saturated carbocycles. The third-order valence-electron chi connectivity index (χ3n) is 1.58. The molecule has 0 radical (unpaired) electrons. The maximum Gasteiger partial charge on any atom is 0.238 e. The summed E-state index contributed by atoms with van der Waals surface area (Å²) >= 11 is 0. The van der Waals surface area contributed by atoms with E-state index in [-0.39, 0.29) is 5.56 Å². The van der Waals surface area contributed by atoms with Gasteiger partial charge < -0.3 is 0 Å². The molecule has 0 atom stereocenters. The van der Waals surface area contributed by atoms with Crippen LogP contribution < -0.4 is 5.14 Å². The van der Waals surface area contributed by atoms with Crippen LogP contribution in [0, 0.1) is 18.6 Å². The van der Waals surface area contributed by atoms with Crippen molar-refractivity contribution in [3.05, 3.63) is 29.3 Å². The van der Waals surface area contributed by atoms with Crippen LogP contribution in [-0.4, -0.2) is 8.42 Å². The largest absolute Gasteiger partial charge is 0.238 e. The molecule has 13 heavy (non-hydrogen) atoms. The summed E-state index contributed by atoms with van der Waals surface area (Å²) in [5.41, 5.74) is -0.229. The average molecular weight is 207 g/mol. The lowest BCUT2D eigenvalue weighted by Crippen LogP contribution is -2.13. The van der Waals surface area contributed by atoms with Gasteiger partial charge in [0.2, 0.25) is 10.0 Å². The Morgan fingerprint density at radius 3 is 1.92 bits per heavy atom. The molecule has 0 aliphatic carbocycles. The number of benzene rings is 1. The van der Waals surface area contributed by atoms with Gasteiger partial charge in [0.1, 0.15) is 11.6 Å². The molecule has 1 rings (SSSR count). The molecule has 1 aromatic carbocycles. The van der Waals surface area contributed by atoms with Gasteiger partial charge in [0.25, 0.3) is 0 Å². The molecule has 0 aliphatic rings. The van der Waals surface area contributed by atoms with Gasteiger partial charge in [0, 0.05) is 5.56 Å². The summed E-state index contributed by atoms with van der Waals surface area (Å²) in [4.78, 5) is -0.562. The minimum atomic E-state index is -4.04. The Morgan fingerprint density at radius 2 is 1.62 bits per heavy atom. The van der Waals surface area contributed by atoms with Crippen LogP contribution in [0.15, 0.2) is 17.0 Å². The lowest BCUT2D eigenvalue weighted by atomic mass is 10.2. The molecule has 0 fully saturated rings. The fraction of sp³-hybridized carbons (Fsp3) is 0.143. The van der Waals surface area contributed by atoms with Gasteiger partial charge in [-0.15, -0.1) is 0 Å². The Hall–Kier alpha value is -1.01. The quantitative estimate of drug-likeness (QED) is 0.744. The van der Waals surface area contributed by atoms with Crippen molar-refractivity contribution in [2.75, 3.05) is 0 Å². The summed E-state index contributed by atoms with van der Waals surface area (Å²) in [6.07, 6.45) is 0. The van der Waals surface area contributed by atoms with Crippen molar-refractivity contribution >= 4 is 10.0 Å². The SMILES string of the molecule is Cc1c(F)cc(S(N)(=O)=O)cc1F. The number of halogens is 2. The number of primary sulfonamides is 1. The Bertz CT molecular complexity index is 419. The second kappa shape index (κ2) is 3.04. The lowest BCUT2D eigenvalue weighted by molar-refractivity contribution is 0.555. The summed E-state index contributed by atoms with van der Waals surface area (Å²) in [7, 11) is -4.04. The number of nitrogens with two attached hydrogens (primary N) is 1. The Balaban J connectivity index is 3.47. The van der Waals surface area contributed by atoms with Crippen molar-refractivity contribution < 1.29 is 17.2 Å². The molecule has 0 heterocycles. The second-order valence-electron chi connectivity index (χ2n) is 2.56. The van der Waals surface area contributed by atoms with E-state index in [0.717, 1.165) is 0 Å². The van der Waals surface area contributed by atoms with E-state index in [1.54, 1.807) is 0 Å². The topological polar surface area (TPSA) is 60.2 Å². The van der Waals surface area contributed by atoms with Crippen LogP contribution in [0.3, 0.4) is 0 Å². The number of hydrogen-bond acceptors (Lipinski definition) is 2. The van der Waals surface area contributed by atoms with E-state index in [9.17, 15) is 17.2 Å². The van der Waals surface area contributed by atoms with Gasteiger partial charge in [-0.25, -0.2) is 22.3 Å². The van der Waals surface area contributed by atoms with E-state index in [4.69, 9.17) is 0 Å². The predicted molar refractivity (Wildman–Crippen MR) is 42.5 cm³/mol. The highest BCUT2D eigenvalue weighted by Crippen LogP contribution is 2.16. The van der Waals surface area contributed by atoms with Gasteiger partial charge in [-0.1, -0.05) is 0 Å². The summed E-state index contributed by atoms with van der Waals surface area (Å²) < 4.78 is 47.0. The highest BCUT2D eigenvalue weighted by atomic mass is 32.2. The summed E-state index contributed by atoms with van der Waals surface area (Å²) in [5.74, 6) is -1.85. The average Bonchev–Trinajstić information content (AvgIpc) is 1.97. The number of rotatable bonds is 1. The van der Waals surface area contributed by atoms with Crippen molar-refractivity contribution in [3.8, 4) is 0 Å². The van der Waals surface area contributed by atoms with E-state index in [1.807, 2.05) is 0 Å². The fourth-order valence-electron chi connectivity index (χ4n) is 0.786. The van der Waals surface area contributed by atoms with E-state index in [1.165, 1.54) is 6.92 Å². The first-order valence-electron chi connectivity index (χ1n) is 3.31. The van der Waals surface area contributed by atoms with Crippen LogP contribution in [-0.2, 0) is 10.0 Å². The van der Waals surface area contributed by atoms with Crippen LogP contribution in [0.4, 0.5) is 8.78 Å². The molecule has 0 amide bonds. The maximum absolute atomic E-state index is 12.8. The molecule has 0 spiro atoms. The summed E-state index contributed by atoms with van der Waals surface area (Å²) in [5, 5.41) is 4.68. The molecule has 3 nitrogen and oxygen atoms in total. The maximum atomic E-state index is 12.8. The van der Waals surface area contributed by atoms with E-state index in [2.05, 4.69) is 5.14 Å². The standard InChI is InChI=1S/C7H7F2NO2S/c1-4-6(8)2-5(3-7(4)9)13(10,11)12/h2-3H,1H3,(H2,10,11,12). The monoisotopic (exact) mass is 207 g/mol. The predicted octanol–water partition coefficient (Wildman–Crippen LogP) is 0.921. The molecular formula is C7H7F2NO2S. The first-order valence-corrected chi connectivity index (χ1v) is 4.85. The minimum absolute atomic E-state index is 0.229. The highest BCUT2D eigenvalue weighted by Gasteiger charge is 2.13. The van der Waals surface area contributed by atoms with Gasteiger partial charge >= 0.3 is 0 Å². The Kier molecular flexibility index (Phi) is 2.36. The van der Waals surface area contributed by atoms with Crippen molar-refractivity contribution in [1.29, 1.82) is 0 Å².